The largest absolute Gasteiger partial charge is 0.478 e. The molecule has 6 heteroatoms. The summed E-state index contributed by atoms with van der Waals surface area (Å²) in [7, 11) is 0. The summed E-state index contributed by atoms with van der Waals surface area (Å²) in [5.41, 5.74) is 3.34. The van der Waals surface area contributed by atoms with Crippen molar-refractivity contribution in [1.82, 2.24) is 4.90 Å². The maximum atomic E-state index is 13.3. The van der Waals surface area contributed by atoms with Gasteiger partial charge in [0.05, 0.1) is 11.3 Å². The lowest BCUT2D eigenvalue weighted by Crippen LogP contribution is -2.41. The third-order valence-corrected chi connectivity index (χ3v) is 7.63. The number of halogens is 1. The Kier molecular flexibility index (Phi) is 6.14. The fourth-order valence-corrected chi connectivity index (χ4v) is 6.05. The third kappa shape index (κ3) is 4.24. The summed E-state index contributed by atoms with van der Waals surface area (Å²) in [6.07, 6.45) is 4.56. The van der Waals surface area contributed by atoms with E-state index in [4.69, 9.17) is 0 Å². The van der Waals surface area contributed by atoms with Gasteiger partial charge in [-0.2, -0.15) is 0 Å². The number of hydrogen-bond acceptors (Lipinski definition) is 3. The molecule has 2 aromatic rings. The molecule has 1 saturated carbocycles. The minimum atomic E-state index is -0.871. The molecular formula is C24H26FNO3S. The van der Waals surface area contributed by atoms with Gasteiger partial charge in [-0.25, -0.2) is 9.18 Å². The monoisotopic (exact) mass is 427 g/mol. The van der Waals surface area contributed by atoms with Crippen LogP contribution in [0.4, 0.5) is 4.39 Å². The first kappa shape index (κ1) is 20.9. The van der Waals surface area contributed by atoms with Crippen molar-refractivity contribution in [3.05, 3.63) is 70.5 Å². The molecule has 2 aliphatic rings. The number of carbonyl (C=O) groups excluding carboxylic acids is 1. The molecule has 1 unspecified atom stereocenters. The van der Waals surface area contributed by atoms with E-state index in [-0.39, 0.29) is 23.1 Å². The number of thioether (sulfide) groups is 1. The zero-order valence-corrected chi connectivity index (χ0v) is 17.8. The van der Waals surface area contributed by atoms with Crippen LogP contribution in [0.25, 0.3) is 0 Å². The highest BCUT2D eigenvalue weighted by Crippen LogP contribution is 2.43. The lowest BCUT2D eigenvalue weighted by atomic mass is 9.80. The van der Waals surface area contributed by atoms with Gasteiger partial charge in [0.1, 0.15) is 11.2 Å². The Morgan fingerprint density at radius 3 is 2.50 bits per heavy atom. The van der Waals surface area contributed by atoms with Crippen molar-refractivity contribution in [1.29, 1.82) is 0 Å². The number of benzene rings is 2. The van der Waals surface area contributed by atoms with Crippen LogP contribution < -0.4 is 0 Å². The van der Waals surface area contributed by atoms with Crippen LogP contribution in [0.2, 0.25) is 0 Å². The van der Waals surface area contributed by atoms with Crippen molar-refractivity contribution < 1.29 is 19.1 Å². The van der Waals surface area contributed by atoms with Gasteiger partial charge >= 0.3 is 5.97 Å². The van der Waals surface area contributed by atoms with Crippen molar-refractivity contribution in [3.8, 4) is 0 Å². The van der Waals surface area contributed by atoms with E-state index in [1.807, 2.05) is 17.9 Å². The normalized spacial score (nSPS) is 24.3. The van der Waals surface area contributed by atoms with Gasteiger partial charge in [0, 0.05) is 6.04 Å². The molecule has 4 rings (SSSR count). The van der Waals surface area contributed by atoms with Gasteiger partial charge in [-0.3, -0.25) is 4.79 Å². The minimum absolute atomic E-state index is 0.0466. The second kappa shape index (κ2) is 8.80. The summed E-state index contributed by atoms with van der Waals surface area (Å²) in [5, 5.41) is 9.47. The molecule has 1 saturated heterocycles. The number of rotatable bonds is 5. The number of carboxylic acids is 1. The number of carboxylic acid groups (broad SMARTS) is 1. The summed E-state index contributed by atoms with van der Waals surface area (Å²) in [4.78, 5) is 26.2. The highest BCUT2D eigenvalue weighted by molar-refractivity contribution is 8.00. The van der Waals surface area contributed by atoms with Crippen LogP contribution >= 0.6 is 11.8 Å². The van der Waals surface area contributed by atoms with Gasteiger partial charge in [0.15, 0.2) is 0 Å². The van der Waals surface area contributed by atoms with Crippen molar-refractivity contribution in [2.75, 3.05) is 5.75 Å². The molecule has 1 N–H and O–H groups in total. The number of amides is 1. The maximum Gasteiger partial charge on any atom is 0.335 e. The molecule has 4 nitrogen and oxygen atoms in total. The summed E-state index contributed by atoms with van der Waals surface area (Å²) >= 11 is 1.61. The van der Waals surface area contributed by atoms with Gasteiger partial charge < -0.3 is 10.0 Å². The molecule has 1 amide bonds. The molecule has 0 spiro atoms. The van der Waals surface area contributed by atoms with Crippen LogP contribution in [-0.2, 0) is 11.2 Å². The smallest absolute Gasteiger partial charge is 0.335 e. The zero-order chi connectivity index (χ0) is 21.3. The predicted octanol–water partition coefficient (Wildman–Crippen LogP) is 5.21. The predicted molar refractivity (Wildman–Crippen MR) is 116 cm³/mol. The zero-order valence-electron chi connectivity index (χ0n) is 17.0. The molecule has 0 radical (unpaired) electrons. The quantitative estimate of drug-likeness (QED) is 0.712. The molecule has 158 valence electrons. The number of aryl methyl sites for hydroxylation is 1. The summed E-state index contributed by atoms with van der Waals surface area (Å²) in [6.45, 7) is 1.97. The lowest BCUT2D eigenvalue weighted by Gasteiger charge is -2.38. The summed E-state index contributed by atoms with van der Waals surface area (Å²) in [6, 6.07) is 12.1. The van der Waals surface area contributed by atoms with Crippen LogP contribution in [0.5, 0.6) is 0 Å². The average molecular weight is 428 g/mol. The highest BCUT2D eigenvalue weighted by Gasteiger charge is 2.39. The molecule has 1 aliphatic carbocycles. The van der Waals surface area contributed by atoms with E-state index in [2.05, 4.69) is 0 Å². The molecular weight excluding hydrogens is 401 g/mol. The Hall–Kier alpha value is -2.34. The van der Waals surface area contributed by atoms with E-state index in [0.717, 1.165) is 48.8 Å². The third-order valence-electron chi connectivity index (χ3n) is 6.40. The minimum Gasteiger partial charge on any atom is -0.478 e. The van der Waals surface area contributed by atoms with Crippen LogP contribution in [-0.4, -0.2) is 33.7 Å². The lowest BCUT2D eigenvalue weighted by molar-refractivity contribution is -0.131. The number of hydrogen-bond donors (Lipinski definition) is 1. The van der Waals surface area contributed by atoms with Crippen molar-refractivity contribution in [3.63, 3.8) is 0 Å². The Labute approximate surface area is 180 Å². The van der Waals surface area contributed by atoms with E-state index >= 15 is 0 Å². The second-order valence-electron chi connectivity index (χ2n) is 8.30. The SMILES string of the molecule is Cc1cccc(C(=O)O)c1CC1CCC(N2C(=O)CSC2c2ccc(F)cc2)CC1. The van der Waals surface area contributed by atoms with Gasteiger partial charge in [0.2, 0.25) is 5.91 Å². The number of nitrogens with zero attached hydrogens (tertiary/aromatic N) is 1. The van der Waals surface area contributed by atoms with Crippen LogP contribution in [0.3, 0.4) is 0 Å². The summed E-state index contributed by atoms with van der Waals surface area (Å²) < 4.78 is 13.3. The Balaban J connectivity index is 1.44. The first-order chi connectivity index (χ1) is 14.4. The number of aromatic carboxylic acids is 1. The van der Waals surface area contributed by atoms with Crippen LogP contribution in [0.15, 0.2) is 42.5 Å². The van der Waals surface area contributed by atoms with Gasteiger partial charge in [0.25, 0.3) is 0 Å². The molecule has 30 heavy (non-hydrogen) atoms. The molecule has 2 fully saturated rings. The van der Waals surface area contributed by atoms with E-state index in [1.54, 1.807) is 36.0 Å². The van der Waals surface area contributed by atoms with Gasteiger partial charge in [-0.1, -0.05) is 24.3 Å². The molecule has 1 atom stereocenters. The van der Waals surface area contributed by atoms with E-state index in [1.165, 1.54) is 12.1 Å². The number of carbonyl (C=O) groups is 2. The first-order valence-electron chi connectivity index (χ1n) is 10.4. The fraction of sp³-hybridized carbons (Fsp3) is 0.417. The Morgan fingerprint density at radius 1 is 1.13 bits per heavy atom. The first-order valence-corrected chi connectivity index (χ1v) is 11.5. The van der Waals surface area contributed by atoms with E-state index < -0.39 is 5.97 Å². The Morgan fingerprint density at radius 2 is 1.83 bits per heavy atom. The van der Waals surface area contributed by atoms with Crippen molar-refractivity contribution in [2.45, 2.75) is 50.4 Å². The topological polar surface area (TPSA) is 57.6 Å². The molecule has 0 aromatic heterocycles. The maximum absolute atomic E-state index is 13.3. The van der Waals surface area contributed by atoms with Crippen LogP contribution in [0, 0.1) is 18.7 Å². The second-order valence-corrected chi connectivity index (χ2v) is 9.37. The van der Waals surface area contributed by atoms with Crippen molar-refractivity contribution >= 4 is 23.6 Å². The molecule has 1 heterocycles. The van der Waals surface area contributed by atoms with Crippen LogP contribution in [0.1, 0.15) is 58.1 Å². The molecule has 2 aromatic carbocycles. The standard InChI is InChI=1S/C24H26FNO3S/c1-15-3-2-4-20(24(28)29)21(15)13-16-5-11-19(12-6-16)26-22(27)14-30-23(26)17-7-9-18(25)10-8-17/h2-4,7-10,16,19,23H,5-6,11-14H2,1H3,(H,28,29). The van der Waals surface area contributed by atoms with E-state index in [0.29, 0.717) is 17.2 Å². The van der Waals surface area contributed by atoms with Crippen molar-refractivity contribution in [2.24, 2.45) is 5.92 Å². The van der Waals surface area contributed by atoms with Gasteiger partial charge in [-0.05, 0) is 79.8 Å². The van der Waals surface area contributed by atoms with Gasteiger partial charge in [-0.15, -0.1) is 11.8 Å². The summed E-state index contributed by atoms with van der Waals surface area (Å²) in [5.74, 6) is -0.0890. The highest BCUT2D eigenvalue weighted by atomic mass is 32.2. The fourth-order valence-electron chi connectivity index (χ4n) is 4.80. The molecule has 0 bridgehead atoms. The van der Waals surface area contributed by atoms with E-state index in [9.17, 15) is 19.1 Å². The average Bonchev–Trinajstić information content (AvgIpc) is 3.12. The molecule has 1 aliphatic heterocycles. The Bertz CT molecular complexity index is 938.